The lowest BCUT2D eigenvalue weighted by Crippen LogP contribution is -2.19. The van der Waals surface area contributed by atoms with Gasteiger partial charge >= 0.3 is 0 Å². The van der Waals surface area contributed by atoms with Crippen LogP contribution < -0.4 is 5.32 Å². The van der Waals surface area contributed by atoms with Crippen LogP contribution in [-0.4, -0.2) is 26.1 Å². The summed E-state index contributed by atoms with van der Waals surface area (Å²) in [5, 5.41) is 16.5. The molecule has 0 atom stereocenters. The molecule has 2 heterocycles. The summed E-state index contributed by atoms with van der Waals surface area (Å²) in [5.74, 6) is -0.346. The maximum atomic E-state index is 13.1. The largest absolute Gasteiger partial charge is 0.321 e. The van der Waals surface area contributed by atoms with Crippen molar-refractivity contribution in [1.29, 1.82) is 0 Å². The van der Waals surface area contributed by atoms with Crippen LogP contribution in [0.2, 0.25) is 0 Å². The summed E-state index contributed by atoms with van der Waals surface area (Å²) in [6.45, 7) is 0. The van der Waals surface area contributed by atoms with Gasteiger partial charge in [0.1, 0.15) is 11.5 Å². The molecule has 138 valence electrons. The molecule has 2 aromatic heterocycles. The van der Waals surface area contributed by atoms with Crippen molar-refractivity contribution in [3.05, 3.63) is 82.8 Å². The van der Waals surface area contributed by atoms with Gasteiger partial charge < -0.3 is 5.32 Å². The summed E-state index contributed by atoms with van der Waals surface area (Å²) in [7, 11) is 0. The fourth-order valence-corrected chi connectivity index (χ4v) is 3.23. The van der Waals surface area contributed by atoms with Crippen molar-refractivity contribution in [2.24, 2.45) is 0 Å². The fourth-order valence-electron chi connectivity index (χ4n) is 2.58. The lowest BCUT2D eigenvalue weighted by Gasteiger charge is -2.10. The van der Waals surface area contributed by atoms with E-state index in [9.17, 15) is 9.18 Å². The number of hydrogen-bond donors (Lipinski definition) is 1. The topological polar surface area (TPSA) is 72.7 Å². The Morgan fingerprint density at radius 2 is 1.82 bits per heavy atom. The molecule has 2 aromatic carbocycles. The van der Waals surface area contributed by atoms with E-state index in [0.29, 0.717) is 11.5 Å². The monoisotopic (exact) mass is 391 g/mol. The SMILES string of the molecule is O=C(Nc1ccc(F)cc1)/C(=C/c1cccs1)n1nnnc1-c1ccccc1. The second kappa shape index (κ2) is 7.93. The van der Waals surface area contributed by atoms with Crippen LogP contribution in [0.4, 0.5) is 10.1 Å². The summed E-state index contributed by atoms with van der Waals surface area (Å²) in [6.07, 6.45) is 1.71. The Morgan fingerprint density at radius 1 is 1.04 bits per heavy atom. The first-order valence-corrected chi connectivity index (χ1v) is 9.25. The molecule has 0 bridgehead atoms. The molecule has 0 unspecified atom stereocenters. The standard InChI is InChI=1S/C20H14FN5OS/c21-15-8-10-16(11-9-15)22-20(27)18(13-17-7-4-12-28-17)26-19(23-24-25-26)14-5-2-1-3-6-14/h1-13H,(H,22,27)/b18-13-. The molecule has 4 rings (SSSR count). The second-order valence-corrected chi connectivity index (χ2v) is 6.77. The number of amides is 1. The fraction of sp³-hybridized carbons (Fsp3) is 0. The summed E-state index contributed by atoms with van der Waals surface area (Å²) in [4.78, 5) is 13.9. The Bertz CT molecular complexity index is 1110. The molecule has 6 nitrogen and oxygen atoms in total. The predicted molar refractivity (Wildman–Crippen MR) is 107 cm³/mol. The zero-order chi connectivity index (χ0) is 19.3. The van der Waals surface area contributed by atoms with Crippen LogP contribution >= 0.6 is 11.3 Å². The number of benzene rings is 2. The predicted octanol–water partition coefficient (Wildman–Crippen LogP) is 4.18. The summed E-state index contributed by atoms with van der Waals surface area (Å²) < 4.78 is 14.5. The number of rotatable bonds is 5. The zero-order valence-electron chi connectivity index (χ0n) is 14.5. The minimum atomic E-state index is -0.413. The molecule has 4 aromatic rings. The highest BCUT2D eigenvalue weighted by Crippen LogP contribution is 2.23. The Labute approximate surface area is 164 Å². The molecule has 8 heteroatoms. The van der Waals surface area contributed by atoms with Gasteiger partial charge in [-0.15, -0.1) is 16.4 Å². The molecule has 0 aliphatic heterocycles. The van der Waals surface area contributed by atoms with Gasteiger partial charge in [0.2, 0.25) is 0 Å². The van der Waals surface area contributed by atoms with Gasteiger partial charge in [0.25, 0.3) is 5.91 Å². The molecule has 1 amide bonds. The highest BCUT2D eigenvalue weighted by atomic mass is 32.1. The van der Waals surface area contributed by atoms with E-state index < -0.39 is 5.91 Å². The first-order chi connectivity index (χ1) is 13.7. The smallest absolute Gasteiger partial charge is 0.274 e. The van der Waals surface area contributed by atoms with Crippen molar-refractivity contribution >= 4 is 34.7 Å². The molecule has 1 N–H and O–H groups in total. The van der Waals surface area contributed by atoms with Gasteiger partial charge in [0.05, 0.1) is 0 Å². The van der Waals surface area contributed by atoms with Crippen LogP contribution in [0, 0.1) is 5.82 Å². The Morgan fingerprint density at radius 3 is 2.54 bits per heavy atom. The van der Waals surface area contributed by atoms with Crippen LogP contribution in [0.25, 0.3) is 23.2 Å². The van der Waals surface area contributed by atoms with E-state index in [1.54, 1.807) is 6.08 Å². The number of hydrogen-bond acceptors (Lipinski definition) is 5. The van der Waals surface area contributed by atoms with Gasteiger partial charge in [-0.1, -0.05) is 36.4 Å². The summed E-state index contributed by atoms with van der Waals surface area (Å²) >= 11 is 1.49. The number of halogens is 1. The van der Waals surface area contributed by atoms with E-state index >= 15 is 0 Å². The average molecular weight is 391 g/mol. The molecule has 0 saturated carbocycles. The van der Waals surface area contributed by atoms with Crippen molar-refractivity contribution < 1.29 is 9.18 Å². The minimum absolute atomic E-state index is 0.246. The number of tetrazole rings is 1. The number of nitrogens with one attached hydrogen (secondary N) is 1. The number of thiophene rings is 1. The molecular formula is C20H14FN5OS. The van der Waals surface area contributed by atoms with Gasteiger partial charge in [0, 0.05) is 16.1 Å². The minimum Gasteiger partial charge on any atom is -0.321 e. The van der Waals surface area contributed by atoms with Crippen molar-refractivity contribution in [2.75, 3.05) is 5.32 Å². The van der Waals surface area contributed by atoms with Crippen LogP contribution in [0.5, 0.6) is 0 Å². The third kappa shape index (κ3) is 3.86. The zero-order valence-corrected chi connectivity index (χ0v) is 15.3. The lowest BCUT2D eigenvalue weighted by molar-refractivity contribution is -0.111. The lowest BCUT2D eigenvalue weighted by atomic mass is 10.2. The van der Waals surface area contributed by atoms with Crippen LogP contribution in [0.15, 0.2) is 72.1 Å². The highest BCUT2D eigenvalue weighted by Gasteiger charge is 2.19. The second-order valence-electron chi connectivity index (χ2n) is 5.79. The van der Waals surface area contributed by atoms with Crippen molar-refractivity contribution in [3.63, 3.8) is 0 Å². The molecule has 28 heavy (non-hydrogen) atoms. The third-order valence-electron chi connectivity index (χ3n) is 3.89. The van der Waals surface area contributed by atoms with Crippen molar-refractivity contribution in [3.8, 4) is 11.4 Å². The van der Waals surface area contributed by atoms with Crippen LogP contribution in [0.3, 0.4) is 0 Å². The van der Waals surface area contributed by atoms with Gasteiger partial charge in [-0.05, 0) is 52.2 Å². The van der Waals surface area contributed by atoms with Crippen molar-refractivity contribution in [1.82, 2.24) is 20.2 Å². The number of carbonyl (C=O) groups is 1. The molecule has 0 fully saturated rings. The highest BCUT2D eigenvalue weighted by molar-refractivity contribution is 7.10. The van der Waals surface area contributed by atoms with E-state index in [2.05, 4.69) is 20.8 Å². The summed E-state index contributed by atoms with van der Waals surface area (Å²) in [5.41, 5.74) is 1.49. The quantitative estimate of drug-likeness (QED) is 0.518. The number of nitrogens with zero attached hydrogens (tertiary/aromatic N) is 4. The Hall–Kier alpha value is -3.65. The molecule has 0 aliphatic carbocycles. The normalized spacial score (nSPS) is 11.4. The van der Waals surface area contributed by atoms with Crippen molar-refractivity contribution in [2.45, 2.75) is 0 Å². The number of anilines is 1. The Balaban J connectivity index is 1.74. The van der Waals surface area contributed by atoms with E-state index in [1.165, 1.54) is 40.3 Å². The first-order valence-electron chi connectivity index (χ1n) is 8.37. The molecule has 0 spiro atoms. The third-order valence-corrected chi connectivity index (χ3v) is 4.71. The summed E-state index contributed by atoms with van der Waals surface area (Å²) in [6, 6.07) is 18.7. The van der Waals surface area contributed by atoms with E-state index in [0.717, 1.165) is 10.4 Å². The molecule has 0 saturated heterocycles. The van der Waals surface area contributed by atoms with Crippen LogP contribution in [-0.2, 0) is 4.79 Å². The maximum absolute atomic E-state index is 13.1. The molecule has 0 aliphatic rings. The van der Waals surface area contributed by atoms with E-state index in [4.69, 9.17) is 0 Å². The van der Waals surface area contributed by atoms with Gasteiger partial charge in [-0.3, -0.25) is 4.79 Å². The first kappa shape index (κ1) is 17.7. The van der Waals surface area contributed by atoms with Gasteiger partial charge in [-0.25, -0.2) is 4.39 Å². The van der Waals surface area contributed by atoms with E-state index in [1.807, 2.05) is 47.8 Å². The Kier molecular flexibility index (Phi) is 5.03. The number of carbonyl (C=O) groups excluding carboxylic acids is 1. The maximum Gasteiger partial charge on any atom is 0.274 e. The molecular weight excluding hydrogens is 377 g/mol. The van der Waals surface area contributed by atoms with Gasteiger partial charge in [0.15, 0.2) is 5.82 Å². The molecule has 0 radical (unpaired) electrons. The van der Waals surface area contributed by atoms with Gasteiger partial charge in [-0.2, -0.15) is 4.68 Å². The van der Waals surface area contributed by atoms with Crippen LogP contribution in [0.1, 0.15) is 4.88 Å². The van der Waals surface area contributed by atoms with E-state index in [-0.39, 0.29) is 11.5 Å². The average Bonchev–Trinajstić information content (AvgIpc) is 3.40. The number of aromatic nitrogens is 4.